The van der Waals surface area contributed by atoms with E-state index in [0.29, 0.717) is 23.4 Å². The molecule has 0 radical (unpaired) electrons. The van der Waals surface area contributed by atoms with Crippen LogP contribution in [0.1, 0.15) is 33.6 Å². The van der Waals surface area contributed by atoms with Crippen molar-refractivity contribution in [1.29, 1.82) is 0 Å². The summed E-state index contributed by atoms with van der Waals surface area (Å²) in [5.41, 5.74) is 1.64. The summed E-state index contributed by atoms with van der Waals surface area (Å²) < 4.78 is 6.41. The molecule has 1 atom stereocenters. The minimum atomic E-state index is -0.218. The summed E-state index contributed by atoms with van der Waals surface area (Å²) in [7, 11) is 0. The molecule has 3 rings (SSSR count). The van der Waals surface area contributed by atoms with Gasteiger partial charge in [0, 0.05) is 34.4 Å². The number of halogens is 1. The molecule has 25 heavy (non-hydrogen) atoms. The summed E-state index contributed by atoms with van der Waals surface area (Å²) >= 11 is 3.34. The molecule has 1 fully saturated rings. The van der Waals surface area contributed by atoms with E-state index < -0.39 is 0 Å². The van der Waals surface area contributed by atoms with E-state index in [4.69, 9.17) is 4.74 Å². The Morgan fingerprint density at radius 3 is 2.60 bits per heavy atom. The summed E-state index contributed by atoms with van der Waals surface area (Å²) in [5.74, 6) is -0.389. The summed E-state index contributed by atoms with van der Waals surface area (Å²) in [5, 5.41) is 5.69. The molecule has 2 amide bonds. The molecule has 2 aromatic carbocycles. The molecule has 0 aromatic heterocycles. The SMILES string of the molecule is O=C(NC[C@@H]1CCCO1)c1cccc(NC(=O)c2ccc(Br)cc2)c1. The Bertz CT molecular complexity index is 756. The molecule has 0 unspecified atom stereocenters. The molecular weight excluding hydrogens is 384 g/mol. The molecule has 0 saturated carbocycles. The number of rotatable bonds is 5. The van der Waals surface area contributed by atoms with Crippen molar-refractivity contribution in [3.63, 3.8) is 0 Å². The second-order valence-corrected chi connectivity index (χ2v) is 6.80. The quantitative estimate of drug-likeness (QED) is 0.802. The van der Waals surface area contributed by atoms with Gasteiger partial charge in [0.2, 0.25) is 0 Å². The minimum Gasteiger partial charge on any atom is -0.376 e. The average molecular weight is 403 g/mol. The number of amides is 2. The Balaban J connectivity index is 1.61. The second kappa shape index (κ2) is 8.27. The van der Waals surface area contributed by atoms with Crippen LogP contribution in [0.5, 0.6) is 0 Å². The third-order valence-corrected chi connectivity index (χ3v) is 4.53. The zero-order valence-corrected chi connectivity index (χ0v) is 15.2. The van der Waals surface area contributed by atoms with Crippen molar-refractivity contribution in [3.05, 3.63) is 64.1 Å². The predicted octanol–water partition coefficient (Wildman–Crippen LogP) is 3.61. The Morgan fingerprint density at radius 1 is 1.08 bits per heavy atom. The van der Waals surface area contributed by atoms with Gasteiger partial charge in [-0.05, 0) is 55.3 Å². The van der Waals surface area contributed by atoms with Crippen molar-refractivity contribution in [1.82, 2.24) is 5.32 Å². The topological polar surface area (TPSA) is 67.4 Å². The second-order valence-electron chi connectivity index (χ2n) is 5.89. The van der Waals surface area contributed by atoms with Gasteiger partial charge in [-0.1, -0.05) is 22.0 Å². The van der Waals surface area contributed by atoms with Crippen molar-refractivity contribution in [2.24, 2.45) is 0 Å². The maximum absolute atomic E-state index is 12.3. The lowest BCUT2D eigenvalue weighted by Crippen LogP contribution is -2.31. The lowest BCUT2D eigenvalue weighted by atomic mass is 10.1. The summed E-state index contributed by atoms with van der Waals surface area (Å²) in [4.78, 5) is 24.5. The number of hydrogen-bond donors (Lipinski definition) is 2. The molecule has 1 aliphatic rings. The third-order valence-electron chi connectivity index (χ3n) is 4.00. The van der Waals surface area contributed by atoms with Crippen molar-refractivity contribution >= 4 is 33.4 Å². The Morgan fingerprint density at radius 2 is 1.88 bits per heavy atom. The zero-order valence-electron chi connectivity index (χ0n) is 13.6. The monoisotopic (exact) mass is 402 g/mol. The molecule has 0 spiro atoms. The molecule has 130 valence electrons. The van der Waals surface area contributed by atoms with Gasteiger partial charge in [0.05, 0.1) is 6.10 Å². The van der Waals surface area contributed by atoms with Crippen molar-refractivity contribution in [3.8, 4) is 0 Å². The van der Waals surface area contributed by atoms with Gasteiger partial charge in [-0.15, -0.1) is 0 Å². The first-order chi connectivity index (χ1) is 12.1. The zero-order chi connectivity index (χ0) is 17.6. The number of benzene rings is 2. The number of carbonyl (C=O) groups excluding carboxylic acids is 2. The van der Waals surface area contributed by atoms with Crippen LogP contribution >= 0.6 is 15.9 Å². The van der Waals surface area contributed by atoms with Gasteiger partial charge in [0.1, 0.15) is 0 Å². The Kier molecular flexibility index (Phi) is 5.83. The molecule has 0 aliphatic carbocycles. The average Bonchev–Trinajstić information content (AvgIpc) is 3.14. The molecule has 0 bridgehead atoms. The van der Waals surface area contributed by atoms with Crippen LogP contribution < -0.4 is 10.6 Å². The maximum atomic E-state index is 12.3. The Hall–Kier alpha value is -2.18. The van der Waals surface area contributed by atoms with Gasteiger partial charge in [-0.3, -0.25) is 9.59 Å². The van der Waals surface area contributed by atoms with Crippen LogP contribution in [0.15, 0.2) is 53.0 Å². The highest BCUT2D eigenvalue weighted by molar-refractivity contribution is 9.10. The molecule has 1 heterocycles. The normalized spacial score (nSPS) is 16.4. The first-order valence-electron chi connectivity index (χ1n) is 8.18. The van der Waals surface area contributed by atoms with E-state index in [-0.39, 0.29) is 17.9 Å². The van der Waals surface area contributed by atoms with Crippen molar-refractivity contribution in [2.45, 2.75) is 18.9 Å². The van der Waals surface area contributed by atoms with Gasteiger partial charge in [0.15, 0.2) is 0 Å². The van der Waals surface area contributed by atoms with Gasteiger partial charge in [-0.25, -0.2) is 0 Å². The molecule has 1 saturated heterocycles. The first kappa shape index (κ1) is 17.6. The summed E-state index contributed by atoms with van der Waals surface area (Å²) in [6, 6.07) is 14.0. The highest BCUT2D eigenvalue weighted by atomic mass is 79.9. The van der Waals surface area contributed by atoms with E-state index in [1.54, 1.807) is 36.4 Å². The van der Waals surface area contributed by atoms with Gasteiger partial charge < -0.3 is 15.4 Å². The molecule has 5 nitrogen and oxygen atoms in total. The molecular formula is C19H19BrN2O3. The van der Waals surface area contributed by atoms with E-state index in [1.165, 1.54) is 0 Å². The predicted molar refractivity (Wildman–Crippen MR) is 99.8 cm³/mol. The number of hydrogen-bond acceptors (Lipinski definition) is 3. The fourth-order valence-electron chi connectivity index (χ4n) is 2.66. The maximum Gasteiger partial charge on any atom is 0.255 e. The lowest BCUT2D eigenvalue weighted by molar-refractivity contribution is 0.0857. The van der Waals surface area contributed by atoms with Crippen molar-refractivity contribution in [2.75, 3.05) is 18.5 Å². The van der Waals surface area contributed by atoms with E-state index in [9.17, 15) is 9.59 Å². The number of anilines is 1. The number of ether oxygens (including phenoxy) is 1. The van der Waals surface area contributed by atoms with Crippen LogP contribution in [0.2, 0.25) is 0 Å². The molecule has 2 N–H and O–H groups in total. The van der Waals surface area contributed by atoms with Crippen LogP contribution in [-0.2, 0) is 4.74 Å². The summed E-state index contributed by atoms with van der Waals surface area (Å²) in [6.45, 7) is 1.27. The van der Waals surface area contributed by atoms with Gasteiger partial charge in [-0.2, -0.15) is 0 Å². The minimum absolute atomic E-state index is 0.101. The fourth-order valence-corrected chi connectivity index (χ4v) is 2.92. The largest absolute Gasteiger partial charge is 0.376 e. The number of nitrogens with one attached hydrogen (secondary N) is 2. The van der Waals surface area contributed by atoms with E-state index in [1.807, 2.05) is 12.1 Å². The van der Waals surface area contributed by atoms with Gasteiger partial charge in [0.25, 0.3) is 11.8 Å². The van der Waals surface area contributed by atoms with E-state index >= 15 is 0 Å². The van der Waals surface area contributed by atoms with E-state index in [2.05, 4.69) is 26.6 Å². The smallest absolute Gasteiger partial charge is 0.255 e. The van der Waals surface area contributed by atoms with Crippen LogP contribution in [0.25, 0.3) is 0 Å². The fraction of sp³-hybridized carbons (Fsp3) is 0.263. The Labute approximate surface area is 154 Å². The third kappa shape index (κ3) is 4.90. The highest BCUT2D eigenvalue weighted by Gasteiger charge is 2.17. The van der Waals surface area contributed by atoms with E-state index in [0.717, 1.165) is 23.9 Å². The van der Waals surface area contributed by atoms with Gasteiger partial charge >= 0.3 is 0 Å². The van der Waals surface area contributed by atoms with Crippen LogP contribution in [0.3, 0.4) is 0 Å². The van der Waals surface area contributed by atoms with Crippen LogP contribution in [0, 0.1) is 0 Å². The summed E-state index contributed by atoms with van der Waals surface area (Å²) in [6.07, 6.45) is 2.12. The van der Waals surface area contributed by atoms with Crippen molar-refractivity contribution < 1.29 is 14.3 Å². The highest BCUT2D eigenvalue weighted by Crippen LogP contribution is 2.15. The molecule has 2 aromatic rings. The molecule has 6 heteroatoms. The number of carbonyl (C=O) groups is 2. The molecule has 1 aliphatic heterocycles. The first-order valence-corrected chi connectivity index (χ1v) is 8.98. The standard InChI is InChI=1S/C19H19BrN2O3/c20-15-8-6-13(7-9-15)19(24)22-16-4-1-3-14(11-16)18(23)21-12-17-5-2-10-25-17/h1,3-4,6-9,11,17H,2,5,10,12H2,(H,21,23)(H,22,24)/t17-/m0/s1. The lowest BCUT2D eigenvalue weighted by Gasteiger charge is -2.11. The van der Waals surface area contributed by atoms with Crippen LogP contribution in [-0.4, -0.2) is 31.1 Å². The van der Waals surface area contributed by atoms with Crippen LogP contribution in [0.4, 0.5) is 5.69 Å².